The van der Waals surface area contributed by atoms with Crippen molar-refractivity contribution in [1.29, 1.82) is 0 Å². The Morgan fingerprint density at radius 3 is 2.67 bits per heavy atom. The first kappa shape index (κ1) is 13.9. The summed E-state index contributed by atoms with van der Waals surface area (Å²) in [6, 6.07) is 0.506. The Kier molecular flexibility index (Phi) is 4.66. The van der Waals surface area contributed by atoms with Gasteiger partial charge < -0.3 is 4.90 Å². The highest BCUT2D eigenvalue weighted by atomic mass is 16.2. The van der Waals surface area contributed by atoms with E-state index < -0.39 is 0 Å². The van der Waals surface area contributed by atoms with Crippen molar-refractivity contribution in [1.82, 2.24) is 10.2 Å². The molecule has 1 saturated heterocycles. The third kappa shape index (κ3) is 2.56. The van der Waals surface area contributed by atoms with Crippen molar-refractivity contribution >= 4 is 5.91 Å². The van der Waals surface area contributed by atoms with Crippen LogP contribution in [0.2, 0.25) is 0 Å². The van der Waals surface area contributed by atoms with Crippen LogP contribution in [-0.2, 0) is 4.79 Å². The summed E-state index contributed by atoms with van der Waals surface area (Å²) in [5.41, 5.74) is 0. The van der Waals surface area contributed by atoms with Gasteiger partial charge in [-0.1, -0.05) is 39.5 Å². The van der Waals surface area contributed by atoms with Gasteiger partial charge in [-0.05, 0) is 32.1 Å². The molecular formula is C15H28N2O. The average molecular weight is 252 g/mol. The number of nitrogens with one attached hydrogen (secondary N) is 1. The van der Waals surface area contributed by atoms with Gasteiger partial charge >= 0.3 is 0 Å². The van der Waals surface area contributed by atoms with Crippen LogP contribution in [-0.4, -0.2) is 29.1 Å². The lowest BCUT2D eigenvalue weighted by atomic mass is 9.81. The van der Waals surface area contributed by atoms with Crippen molar-refractivity contribution in [2.24, 2.45) is 5.92 Å². The van der Waals surface area contributed by atoms with Crippen molar-refractivity contribution in [2.75, 3.05) is 0 Å². The summed E-state index contributed by atoms with van der Waals surface area (Å²) < 4.78 is 0. The smallest absolute Gasteiger partial charge is 0.240 e. The van der Waals surface area contributed by atoms with Crippen molar-refractivity contribution in [3.8, 4) is 0 Å². The number of amides is 1. The molecule has 0 bridgehead atoms. The fourth-order valence-electron chi connectivity index (χ4n) is 3.74. The predicted molar refractivity (Wildman–Crippen MR) is 74.2 cm³/mol. The number of hydrogen-bond donors (Lipinski definition) is 1. The van der Waals surface area contributed by atoms with Crippen LogP contribution in [0.3, 0.4) is 0 Å². The van der Waals surface area contributed by atoms with Gasteiger partial charge in [0, 0.05) is 6.04 Å². The predicted octanol–water partition coefficient (Wildman–Crippen LogP) is 2.90. The number of nitrogens with zero attached hydrogens (tertiary/aromatic N) is 1. The number of hydrogen-bond acceptors (Lipinski definition) is 2. The molecule has 0 spiro atoms. The van der Waals surface area contributed by atoms with Gasteiger partial charge in [-0.25, -0.2) is 0 Å². The fraction of sp³-hybridized carbons (Fsp3) is 0.933. The van der Waals surface area contributed by atoms with Crippen LogP contribution < -0.4 is 5.32 Å². The minimum absolute atomic E-state index is 0.0148. The van der Waals surface area contributed by atoms with Crippen LogP contribution in [0.25, 0.3) is 0 Å². The minimum Gasteiger partial charge on any atom is -0.323 e. The topological polar surface area (TPSA) is 32.3 Å². The van der Waals surface area contributed by atoms with Crippen LogP contribution in [0.15, 0.2) is 0 Å². The van der Waals surface area contributed by atoms with Gasteiger partial charge in [0.2, 0.25) is 5.91 Å². The highest BCUT2D eigenvalue weighted by Crippen LogP contribution is 2.34. The molecule has 3 heteroatoms. The molecule has 0 aromatic carbocycles. The molecule has 104 valence electrons. The molecule has 4 unspecified atom stereocenters. The first-order valence-corrected chi connectivity index (χ1v) is 7.77. The minimum atomic E-state index is 0.0148. The van der Waals surface area contributed by atoms with E-state index in [1.807, 2.05) is 6.92 Å². The quantitative estimate of drug-likeness (QED) is 0.834. The van der Waals surface area contributed by atoms with Crippen LogP contribution in [0.1, 0.15) is 65.7 Å². The van der Waals surface area contributed by atoms with Gasteiger partial charge in [0.05, 0.1) is 12.2 Å². The molecule has 1 amide bonds. The normalized spacial score (nSPS) is 37.3. The molecule has 3 nitrogen and oxygen atoms in total. The molecule has 2 rings (SSSR count). The standard InChI is InChI=1S/C15H28N2O/c1-4-8-14-16-11(3)15(18)17(14)13-10-7-6-9-12(13)5-2/h11-14,16H,4-10H2,1-3H3. The van der Waals surface area contributed by atoms with Gasteiger partial charge in [-0.3, -0.25) is 10.1 Å². The Morgan fingerprint density at radius 2 is 2.00 bits per heavy atom. The van der Waals surface area contributed by atoms with E-state index in [0.29, 0.717) is 17.9 Å². The third-order valence-corrected chi connectivity index (χ3v) is 4.72. The van der Waals surface area contributed by atoms with Crippen molar-refractivity contribution in [3.63, 3.8) is 0 Å². The van der Waals surface area contributed by atoms with Crippen molar-refractivity contribution < 1.29 is 4.79 Å². The van der Waals surface area contributed by atoms with E-state index in [4.69, 9.17) is 0 Å². The highest BCUT2D eigenvalue weighted by molar-refractivity contribution is 5.84. The van der Waals surface area contributed by atoms with E-state index in [0.717, 1.165) is 12.8 Å². The van der Waals surface area contributed by atoms with Crippen molar-refractivity contribution in [2.45, 2.75) is 84.0 Å². The second-order valence-corrected chi connectivity index (χ2v) is 5.96. The molecule has 1 N–H and O–H groups in total. The van der Waals surface area contributed by atoms with Gasteiger partial charge in [-0.2, -0.15) is 0 Å². The maximum atomic E-state index is 12.4. The molecular weight excluding hydrogens is 224 g/mol. The van der Waals surface area contributed by atoms with E-state index in [9.17, 15) is 4.79 Å². The van der Waals surface area contributed by atoms with E-state index in [1.54, 1.807) is 0 Å². The van der Waals surface area contributed by atoms with Crippen LogP contribution in [0.5, 0.6) is 0 Å². The zero-order valence-corrected chi connectivity index (χ0v) is 12.1. The fourth-order valence-corrected chi connectivity index (χ4v) is 3.74. The van der Waals surface area contributed by atoms with E-state index in [2.05, 4.69) is 24.1 Å². The zero-order valence-electron chi connectivity index (χ0n) is 12.1. The molecule has 18 heavy (non-hydrogen) atoms. The first-order valence-electron chi connectivity index (χ1n) is 7.77. The summed E-state index contributed by atoms with van der Waals surface area (Å²) in [5, 5.41) is 3.47. The average Bonchev–Trinajstić information content (AvgIpc) is 2.65. The molecule has 1 saturated carbocycles. The Labute approximate surface area is 111 Å². The monoisotopic (exact) mass is 252 g/mol. The summed E-state index contributed by atoms with van der Waals surface area (Å²) in [5.74, 6) is 1.05. The Morgan fingerprint density at radius 1 is 1.28 bits per heavy atom. The lowest BCUT2D eigenvalue weighted by Gasteiger charge is -2.40. The zero-order chi connectivity index (χ0) is 13.1. The second-order valence-electron chi connectivity index (χ2n) is 5.96. The van der Waals surface area contributed by atoms with E-state index >= 15 is 0 Å². The summed E-state index contributed by atoms with van der Waals surface area (Å²) >= 11 is 0. The van der Waals surface area contributed by atoms with Crippen LogP contribution >= 0.6 is 0 Å². The SMILES string of the molecule is CCCC1NC(C)C(=O)N1C1CCCCC1CC. The molecule has 2 aliphatic rings. The lowest BCUT2D eigenvalue weighted by molar-refractivity contribution is -0.134. The number of rotatable bonds is 4. The van der Waals surface area contributed by atoms with E-state index in [-0.39, 0.29) is 12.2 Å². The molecule has 0 aromatic heterocycles. The van der Waals surface area contributed by atoms with Crippen molar-refractivity contribution in [3.05, 3.63) is 0 Å². The molecule has 1 heterocycles. The van der Waals surface area contributed by atoms with Gasteiger partial charge in [0.25, 0.3) is 0 Å². The highest BCUT2D eigenvalue weighted by Gasteiger charge is 2.42. The summed E-state index contributed by atoms with van der Waals surface area (Å²) in [6.45, 7) is 6.48. The first-order chi connectivity index (χ1) is 8.69. The number of carbonyl (C=O) groups is 1. The van der Waals surface area contributed by atoms with E-state index in [1.165, 1.54) is 32.1 Å². The molecule has 4 atom stereocenters. The maximum absolute atomic E-state index is 12.4. The largest absolute Gasteiger partial charge is 0.323 e. The maximum Gasteiger partial charge on any atom is 0.240 e. The van der Waals surface area contributed by atoms with Crippen LogP contribution in [0, 0.1) is 5.92 Å². The van der Waals surface area contributed by atoms with Gasteiger partial charge in [0.1, 0.15) is 0 Å². The Balaban J connectivity index is 2.14. The Bertz CT molecular complexity index is 292. The summed E-state index contributed by atoms with van der Waals surface area (Å²) in [4.78, 5) is 14.6. The molecule has 0 aromatic rings. The van der Waals surface area contributed by atoms with Crippen LogP contribution in [0.4, 0.5) is 0 Å². The second kappa shape index (κ2) is 6.05. The lowest BCUT2D eigenvalue weighted by Crippen LogP contribution is -2.49. The summed E-state index contributed by atoms with van der Waals surface area (Å²) in [7, 11) is 0. The molecule has 1 aliphatic heterocycles. The van der Waals surface area contributed by atoms with Gasteiger partial charge in [0.15, 0.2) is 0 Å². The Hall–Kier alpha value is -0.570. The summed E-state index contributed by atoms with van der Waals surface area (Å²) in [6.07, 6.45) is 8.87. The number of carbonyl (C=O) groups excluding carboxylic acids is 1. The molecule has 1 aliphatic carbocycles. The third-order valence-electron chi connectivity index (χ3n) is 4.72. The molecule has 0 radical (unpaired) electrons. The van der Waals surface area contributed by atoms with Gasteiger partial charge in [-0.15, -0.1) is 0 Å². The molecule has 2 fully saturated rings.